The van der Waals surface area contributed by atoms with E-state index in [1.165, 1.54) is 6.92 Å². The Morgan fingerprint density at radius 2 is 1.55 bits per heavy atom. The fraction of sp³-hybridized carbons (Fsp3) is 0.600. The predicted molar refractivity (Wildman–Crippen MR) is 76.5 cm³/mol. The van der Waals surface area contributed by atoms with Crippen LogP contribution in [0.25, 0.3) is 0 Å². The molecule has 0 fully saturated rings. The van der Waals surface area contributed by atoms with Gasteiger partial charge in [0.1, 0.15) is 0 Å². The number of alkyl halides is 3. The van der Waals surface area contributed by atoms with Crippen LogP contribution in [0.2, 0.25) is 11.1 Å². The van der Waals surface area contributed by atoms with E-state index in [1.54, 1.807) is 12.1 Å². The van der Waals surface area contributed by atoms with Gasteiger partial charge in [-0.3, -0.25) is 0 Å². The second-order valence-electron chi connectivity index (χ2n) is 6.28. The van der Waals surface area contributed by atoms with Gasteiger partial charge in [0.15, 0.2) is 5.60 Å². The Balaban J connectivity index is 2.74. The summed E-state index contributed by atoms with van der Waals surface area (Å²) in [7, 11) is -2.67. The molecule has 20 heavy (non-hydrogen) atoms. The molecule has 1 aliphatic rings. The van der Waals surface area contributed by atoms with Gasteiger partial charge in [0.2, 0.25) is 8.32 Å². The van der Waals surface area contributed by atoms with Crippen molar-refractivity contribution in [2.75, 3.05) is 0 Å². The van der Waals surface area contributed by atoms with Crippen molar-refractivity contribution in [2.24, 2.45) is 0 Å². The van der Waals surface area contributed by atoms with E-state index in [-0.39, 0.29) is 11.1 Å². The van der Waals surface area contributed by atoms with Crippen LogP contribution in [0.5, 0.6) is 0 Å². The smallest absolute Gasteiger partial charge is 0.395 e. The standard InChI is InChI=1S/C15H21F3OSi/c1-10(2)20(11(3)4)13-9-7-6-8-12(13)14(5,19-20)15(16,17)18/h6-11H,1-5H3. The molecule has 0 bridgehead atoms. The van der Waals surface area contributed by atoms with Gasteiger partial charge in [0, 0.05) is 0 Å². The number of benzene rings is 1. The largest absolute Gasteiger partial charge is 0.420 e. The van der Waals surface area contributed by atoms with E-state index in [1.807, 2.05) is 39.8 Å². The van der Waals surface area contributed by atoms with Gasteiger partial charge in [-0.25, -0.2) is 0 Å². The lowest BCUT2D eigenvalue weighted by Crippen LogP contribution is -2.54. The zero-order chi connectivity index (χ0) is 15.3. The monoisotopic (exact) mass is 302 g/mol. The Morgan fingerprint density at radius 3 is 2.00 bits per heavy atom. The molecule has 1 aliphatic heterocycles. The van der Waals surface area contributed by atoms with Crippen LogP contribution in [0.3, 0.4) is 0 Å². The van der Waals surface area contributed by atoms with Gasteiger partial charge in [0.25, 0.3) is 0 Å². The van der Waals surface area contributed by atoms with Crippen LogP contribution >= 0.6 is 0 Å². The molecule has 0 saturated carbocycles. The lowest BCUT2D eigenvalue weighted by Gasteiger charge is -2.38. The molecule has 0 amide bonds. The first-order valence-electron chi connectivity index (χ1n) is 6.94. The summed E-state index contributed by atoms with van der Waals surface area (Å²) < 4.78 is 46.7. The molecule has 5 heteroatoms. The van der Waals surface area contributed by atoms with Crippen LogP contribution in [0.1, 0.15) is 40.2 Å². The van der Waals surface area contributed by atoms with Gasteiger partial charge in [0.05, 0.1) is 0 Å². The predicted octanol–water partition coefficient (Wildman–Crippen LogP) is 4.47. The summed E-state index contributed by atoms with van der Waals surface area (Å²) in [5.74, 6) is 0. The summed E-state index contributed by atoms with van der Waals surface area (Å²) in [5.41, 5.74) is -1.69. The third-order valence-corrected chi connectivity index (χ3v) is 9.95. The van der Waals surface area contributed by atoms with Gasteiger partial charge in [-0.2, -0.15) is 13.2 Å². The summed E-state index contributed by atoms with van der Waals surface area (Å²) in [4.78, 5) is 0. The van der Waals surface area contributed by atoms with E-state index in [0.717, 1.165) is 5.19 Å². The average molecular weight is 302 g/mol. The second-order valence-corrected chi connectivity index (χ2v) is 10.9. The highest BCUT2D eigenvalue weighted by molar-refractivity contribution is 6.90. The molecule has 2 rings (SSSR count). The van der Waals surface area contributed by atoms with E-state index < -0.39 is 20.1 Å². The van der Waals surface area contributed by atoms with Gasteiger partial charge < -0.3 is 4.43 Å². The van der Waals surface area contributed by atoms with Crippen molar-refractivity contribution < 1.29 is 17.6 Å². The maximum Gasteiger partial charge on any atom is 0.420 e. The highest BCUT2D eigenvalue weighted by Crippen LogP contribution is 2.52. The number of halogens is 3. The van der Waals surface area contributed by atoms with Crippen molar-refractivity contribution in [2.45, 2.75) is 57.5 Å². The molecule has 1 atom stereocenters. The summed E-state index contributed by atoms with van der Waals surface area (Å²) in [5, 5.41) is 0.810. The Hall–Kier alpha value is -0.813. The van der Waals surface area contributed by atoms with Crippen LogP contribution in [0.4, 0.5) is 13.2 Å². The maximum absolute atomic E-state index is 13.6. The first-order valence-corrected chi connectivity index (χ1v) is 9.00. The molecule has 1 unspecified atom stereocenters. The number of hydrogen-bond acceptors (Lipinski definition) is 1. The highest BCUT2D eigenvalue weighted by Gasteiger charge is 2.66. The molecule has 0 aliphatic carbocycles. The van der Waals surface area contributed by atoms with E-state index in [4.69, 9.17) is 4.43 Å². The lowest BCUT2D eigenvalue weighted by molar-refractivity contribution is -0.247. The Morgan fingerprint density at radius 1 is 1.05 bits per heavy atom. The van der Waals surface area contributed by atoms with Crippen molar-refractivity contribution >= 4 is 13.5 Å². The van der Waals surface area contributed by atoms with Gasteiger partial charge in [-0.1, -0.05) is 52.0 Å². The molecular weight excluding hydrogens is 281 g/mol. The zero-order valence-electron chi connectivity index (χ0n) is 12.5. The molecule has 0 radical (unpaired) electrons. The number of rotatable bonds is 2. The Kier molecular flexibility index (Phi) is 3.58. The Labute approximate surface area is 119 Å². The third-order valence-electron chi connectivity index (χ3n) is 4.49. The minimum atomic E-state index is -4.40. The molecule has 0 N–H and O–H groups in total. The van der Waals surface area contributed by atoms with Crippen molar-refractivity contribution in [1.29, 1.82) is 0 Å². The molecule has 0 spiro atoms. The van der Waals surface area contributed by atoms with E-state index in [9.17, 15) is 13.2 Å². The van der Waals surface area contributed by atoms with Crippen molar-refractivity contribution in [3.05, 3.63) is 29.8 Å². The Bertz CT molecular complexity index is 502. The minimum absolute atomic E-state index is 0.0906. The van der Waals surface area contributed by atoms with Crippen molar-refractivity contribution in [3.8, 4) is 0 Å². The summed E-state index contributed by atoms with van der Waals surface area (Å²) in [6, 6.07) is 6.88. The summed E-state index contributed by atoms with van der Waals surface area (Å²) in [6.07, 6.45) is -4.40. The topological polar surface area (TPSA) is 9.23 Å². The van der Waals surface area contributed by atoms with E-state index >= 15 is 0 Å². The average Bonchev–Trinajstić information content (AvgIpc) is 2.62. The van der Waals surface area contributed by atoms with E-state index in [0.29, 0.717) is 5.56 Å². The molecule has 1 heterocycles. The van der Waals surface area contributed by atoms with Gasteiger partial charge >= 0.3 is 6.18 Å². The minimum Gasteiger partial charge on any atom is -0.395 e. The first-order chi connectivity index (χ1) is 9.07. The number of fused-ring (bicyclic) bond motifs is 1. The van der Waals surface area contributed by atoms with Gasteiger partial charge in [-0.15, -0.1) is 0 Å². The van der Waals surface area contributed by atoms with Crippen LogP contribution in [0.15, 0.2) is 24.3 Å². The lowest BCUT2D eigenvalue weighted by atomic mass is 9.95. The summed E-state index contributed by atoms with van der Waals surface area (Å²) >= 11 is 0. The maximum atomic E-state index is 13.6. The molecule has 0 saturated heterocycles. The normalized spacial score (nSPS) is 25.3. The van der Waals surface area contributed by atoms with Crippen molar-refractivity contribution in [3.63, 3.8) is 0 Å². The van der Waals surface area contributed by atoms with Crippen molar-refractivity contribution in [1.82, 2.24) is 0 Å². The van der Waals surface area contributed by atoms with E-state index in [2.05, 4.69) is 0 Å². The quantitative estimate of drug-likeness (QED) is 0.733. The molecule has 1 aromatic rings. The number of hydrogen-bond donors (Lipinski definition) is 0. The summed E-state index contributed by atoms with van der Waals surface area (Å²) in [6.45, 7) is 9.08. The molecule has 0 aromatic heterocycles. The van der Waals surface area contributed by atoms with Crippen LogP contribution in [-0.2, 0) is 10.0 Å². The molecule has 1 nitrogen and oxygen atoms in total. The third kappa shape index (κ3) is 1.86. The van der Waals surface area contributed by atoms with Crippen LogP contribution < -0.4 is 5.19 Å². The zero-order valence-corrected chi connectivity index (χ0v) is 13.5. The fourth-order valence-corrected chi connectivity index (χ4v) is 8.58. The first kappa shape index (κ1) is 15.6. The SMILES string of the molecule is CC(C)[Si]1(C(C)C)OC(C)(C(F)(F)F)c2ccccc21. The second kappa shape index (κ2) is 4.60. The molecular formula is C15H21F3OSi. The van der Waals surface area contributed by atoms with Gasteiger partial charge in [-0.05, 0) is 28.8 Å². The fourth-order valence-electron chi connectivity index (χ4n) is 3.42. The van der Waals surface area contributed by atoms with Crippen LogP contribution in [-0.4, -0.2) is 14.5 Å². The molecule has 112 valence electrons. The molecule has 1 aromatic carbocycles. The van der Waals surface area contributed by atoms with Crippen LogP contribution in [0, 0.1) is 0 Å². The highest BCUT2D eigenvalue weighted by atomic mass is 28.4.